The van der Waals surface area contributed by atoms with Crippen LogP contribution in [-0.4, -0.2) is 0 Å². The predicted molar refractivity (Wildman–Crippen MR) is 107 cm³/mol. The van der Waals surface area contributed by atoms with Crippen LogP contribution in [0.3, 0.4) is 0 Å². The molecule has 0 radical (unpaired) electrons. The van der Waals surface area contributed by atoms with Gasteiger partial charge in [0.2, 0.25) is 0 Å². The second kappa shape index (κ2) is 21.5. The minimum atomic E-state index is 1.12. The Hall–Kier alpha value is -0.460. The van der Waals surface area contributed by atoms with Gasteiger partial charge in [0.25, 0.3) is 0 Å². The van der Waals surface area contributed by atoms with Crippen molar-refractivity contribution >= 4 is 0 Å². The summed E-state index contributed by atoms with van der Waals surface area (Å²) in [7, 11) is 0. The number of hydrogen-bond acceptors (Lipinski definition) is 1. The average molecular weight is 325 g/mol. The van der Waals surface area contributed by atoms with E-state index in [-0.39, 0.29) is 0 Å². The van der Waals surface area contributed by atoms with E-state index in [2.05, 4.69) is 18.7 Å². The summed E-state index contributed by atoms with van der Waals surface area (Å²) in [6, 6.07) is 0. The first-order chi connectivity index (χ1) is 11.9. The van der Waals surface area contributed by atoms with Gasteiger partial charge in [0.1, 0.15) is 0 Å². The van der Waals surface area contributed by atoms with E-state index in [1.165, 1.54) is 116 Å². The molecule has 1 heteroatoms. The molecule has 0 saturated carbocycles. The van der Waals surface area contributed by atoms with Crippen LogP contribution < -0.4 is 5.73 Å². The third-order valence-corrected chi connectivity index (χ3v) is 4.84. The second-order valence-corrected chi connectivity index (χ2v) is 7.20. The Morgan fingerprint density at radius 3 is 1.26 bits per heavy atom. The zero-order valence-corrected chi connectivity index (χ0v) is 16.1. The first-order valence-electron chi connectivity index (χ1n) is 11.2. The average Bonchev–Trinajstić information content (AvgIpc) is 2.60. The van der Waals surface area contributed by atoms with Gasteiger partial charge < -0.3 is 5.73 Å². The monoisotopic (exact) mass is 324 g/mol. The van der Waals surface area contributed by atoms with E-state index in [1.807, 2.05) is 0 Å². The first kappa shape index (κ1) is 20.6. The van der Waals surface area contributed by atoms with Gasteiger partial charge in [-0.15, -0.1) is 0 Å². The van der Waals surface area contributed by atoms with Crippen LogP contribution in [0.2, 0.25) is 1.41 Å². The van der Waals surface area contributed by atoms with Crippen LogP contribution in [0.1, 0.15) is 129 Å². The van der Waals surface area contributed by atoms with Gasteiger partial charge in [-0.25, -0.2) is 0 Å². The summed E-state index contributed by atoms with van der Waals surface area (Å²) in [5, 5.41) is 0. The van der Waals surface area contributed by atoms with Crippen LogP contribution in [-0.2, 0) is 0 Å². The van der Waals surface area contributed by atoms with E-state index < -0.39 is 0 Å². The zero-order chi connectivity index (χ0) is 17.6. The highest BCUT2D eigenvalue weighted by Gasteiger charge is 1.94. The lowest BCUT2D eigenvalue weighted by Crippen LogP contribution is -1.84. The highest BCUT2D eigenvalue weighted by atomic mass is 14.5. The quantitative estimate of drug-likeness (QED) is 0.226. The molecule has 0 aromatic heterocycles. The fourth-order valence-electron chi connectivity index (χ4n) is 3.25. The standard InChI is InChI=1S/C22H45N/c1-2-3-4-5-6-7-8-9-10-11-12-13-14-15-16-17-18-19-20-21-22-23/h21-22H,2-20,23H2,1H3/i/hD. The number of allylic oxidation sites excluding steroid dienone is 1. The molecule has 0 bridgehead atoms. The van der Waals surface area contributed by atoms with Crippen molar-refractivity contribution in [2.45, 2.75) is 129 Å². The molecule has 0 unspecified atom stereocenters. The van der Waals surface area contributed by atoms with Crippen LogP contribution >= 0.6 is 0 Å². The Balaban J connectivity index is 2.97. The van der Waals surface area contributed by atoms with Gasteiger partial charge in [0.15, 0.2) is 1.41 Å². The molecular weight excluding hydrogens is 278 g/mol. The molecule has 0 atom stereocenters. The minimum Gasteiger partial charge on any atom is -0.405 e. The fourth-order valence-corrected chi connectivity index (χ4v) is 3.25. The van der Waals surface area contributed by atoms with Gasteiger partial charge in [-0.05, 0) is 19.0 Å². The lowest BCUT2D eigenvalue weighted by molar-refractivity contribution is 0.525. The number of nitrogens with two attached hydrogens (primary N) is 1. The van der Waals surface area contributed by atoms with Gasteiger partial charge in [-0.3, -0.25) is 0 Å². The van der Waals surface area contributed by atoms with Gasteiger partial charge in [-0.1, -0.05) is 122 Å². The van der Waals surface area contributed by atoms with Crippen molar-refractivity contribution in [1.82, 2.24) is 0 Å². The summed E-state index contributed by atoms with van der Waals surface area (Å²) >= 11 is 0. The van der Waals surface area contributed by atoms with Crippen molar-refractivity contribution < 1.29 is 1.41 Å². The van der Waals surface area contributed by atoms with E-state index in [4.69, 9.17) is 1.41 Å². The summed E-state index contributed by atoms with van der Waals surface area (Å²) in [6.45, 7) is 2.29. The van der Waals surface area contributed by atoms with Gasteiger partial charge in [0, 0.05) is 0 Å². The molecule has 0 saturated heterocycles. The number of unbranched alkanes of at least 4 members (excludes halogenated alkanes) is 18. The Labute approximate surface area is 149 Å². The third kappa shape index (κ3) is 21.5. The SMILES string of the molecule is [2H]NC=CCCCCCCCCCCCCCCCCCCCC. The normalized spacial score (nSPS) is 12.0. The maximum absolute atomic E-state index is 6.78. The molecule has 0 aromatic rings. The zero-order valence-electron chi connectivity index (χ0n) is 17.1. The summed E-state index contributed by atoms with van der Waals surface area (Å²) in [5.41, 5.74) is 2.30. The van der Waals surface area contributed by atoms with Gasteiger partial charge in [-0.2, -0.15) is 0 Å². The third-order valence-electron chi connectivity index (χ3n) is 4.84. The maximum Gasteiger partial charge on any atom is 0.156 e. The first-order valence-corrected chi connectivity index (χ1v) is 10.7. The predicted octanol–water partition coefficient (Wildman–Crippen LogP) is 7.89. The van der Waals surface area contributed by atoms with E-state index in [0.717, 1.165) is 6.42 Å². The molecule has 0 rings (SSSR count). The van der Waals surface area contributed by atoms with Crippen LogP contribution in [0, 0.1) is 0 Å². The largest absolute Gasteiger partial charge is 0.405 e. The Kier molecular flexibility index (Phi) is 19.3. The Morgan fingerprint density at radius 1 is 0.565 bits per heavy atom. The van der Waals surface area contributed by atoms with Crippen molar-refractivity contribution in [2.24, 2.45) is 5.73 Å². The van der Waals surface area contributed by atoms with Gasteiger partial charge in [0.05, 0.1) is 0 Å². The van der Waals surface area contributed by atoms with Gasteiger partial charge >= 0.3 is 0 Å². The van der Waals surface area contributed by atoms with Crippen LogP contribution in [0.25, 0.3) is 0 Å². The molecular formula is C22H45N. The summed E-state index contributed by atoms with van der Waals surface area (Å²) in [4.78, 5) is 0. The highest BCUT2D eigenvalue weighted by Crippen LogP contribution is 2.14. The summed E-state index contributed by atoms with van der Waals surface area (Å²) < 4.78 is 6.78. The molecule has 0 aliphatic rings. The molecule has 0 heterocycles. The molecule has 0 aliphatic heterocycles. The number of rotatable bonds is 20. The highest BCUT2D eigenvalue weighted by molar-refractivity contribution is 4.74. The Morgan fingerprint density at radius 2 is 0.913 bits per heavy atom. The Bertz CT molecular complexity index is 240. The maximum atomic E-state index is 6.78. The van der Waals surface area contributed by atoms with Crippen molar-refractivity contribution in [2.75, 3.05) is 0 Å². The molecule has 0 amide bonds. The molecule has 23 heavy (non-hydrogen) atoms. The van der Waals surface area contributed by atoms with E-state index in [9.17, 15) is 0 Å². The van der Waals surface area contributed by atoms with Crippen LogP contribution in [0.4, 0.5) is 0 Å². The molecule has 138 valence electrons. The molecule has 0 spiro atoms. The van der Waals surface area contributed by atoms with Crippen molar-refractivity contribution in [3.63, 3.8) is 0 Å². The number of hydrogen-bond donors (Lipinski definition) is 1. The van der Waals surface area contributed by atoms with E-state index in [1.54, 1.807) is 6.20 Å². The molecule has 1 nitrogen and oxygen atoms in total. The summed E-state index contributed by atoms with van der Waals surface area (Å²) in [5.74, 6) is 0. The fraction of sp³-hybridized carbons (Fsp3) is 0.909. The smallest absolute Gasteiger partial charge is 0.156 e. The topological polar surface area (TPSA) is 26.0 Å². The van der Waals surface area contributed by atoms with E-state index in [0.29, 0.717) is 0 Å². The van der Waals surface area contributed by atoms with Crippen molar-refractivity contribution in [3.8, 4) is 0 Å². The lowest BCUT2D eigenvalue weighted by Gasteiger charge is -2.03. The molecule has 0 aromatic carbocycles. The molecule has 0 fully saturated rings. The van der Waals surface area contributed by atoms with Crippen molar-refractivity contribution in [1.29, 1.82) is 0 Å². The molecule has 2 N–H and O–H groups in total. The second-order valence-electron chi connectivity index (χ2n) is 7.20. The van der Waals surface area contributed by atoms with E-state index >= 15 is 0 Å². The summed E-state index contributed by atoms with van der Waals surface area (Å²) in [6.07, 6.45) is 30.6. The minimum absolute atomic E-state index is 1.12. The van der Waals surface area contributed by atoms with Crippen LogP contribution in [0.15, 0.2) is 12.3 Å². The van der Waals surface area contributed by atoms with Crippen molar-refractivity contribution in [3.05, 3.63) is 12.3 Å². The van der Waals surface area contributed by atoms with Crippen LogP contribution in [0.5, 0.6) is 0 Å². The lowest BCUT2D eigenvalue weighted by atomic mass is 10.0. The molecule has 0 aliphatic carbocycles.